The van der Waals surface area contributed by atoms with Gasteiger partial charge in [-0.3, -0.25) is 0 Å². The van der Waals surface area contributed by atoms with E-state index in [4.69, 9.17) is 10.2 Å². The van der Waals surface area contributed by atoms with Gasteiger partial charge in [-0.1, -0.05) is 0 Å². The van der Waals surface area contributed by atoms with Crippen molar-refractivity contribution in [3.05, 3.63) is 47.5 Å². The molecule has 0 bridgehead atoms. The lowest BCUT2D eigenvalue weighted by Crippen LogP contribution is -2.04. The van der Waals surface area contributed by atoms with Crippen LogP contribution in [0.2, 0.25) is 0 Å². The van der Waals surface area contributed by atoms with Gasteiger partial charge in [0.25, 0.3) is 0 Å². The molecule has 0 atom stereocenters. The number of phenols is 2. The van der Waals surface area contributed by atoms with E-state index in [-0.39, 0.29) is 33.8 Å². The van der Waals surface area contributed by atoms with Crippen molar-refractivity contribution in [3.8, 4) is 22.6 Å². The fraction of sp³-hybridized carbons (Fsp3) is 0. The van der Waals surface area contributed by atoms with Crippen LogP contribution in [-0.4, -0.2) is 32.4 Å². The molecule has 6 heteroatoms. The zero-order valence-corrected chi connectivity index (χ0v) is 10.1. The largest absolute Gasteiger partial charge is 0.508 e. The lowest BCUT2D eigenvalue weighted by Gasteiger charge is -2.10. The lowest BCUT2D eigenvalue weighted by atomic mass is 9.95. The predicted molar refractivity (Wildman–Crippen MR) is 69.1 cm³/mol. The number of carbonyl (C=O) groups is 2. The average Bonchev–Trinajstić information content (AvgIpc) is 2.38. The van der Waals surface area contributed by atoms with Crippen LogP contribution < -0.4 is 0 Å². The summed E-state index contributed by atoms with van der Waals surface area (Å²) in [5, 5.41) is 36.9. The molecule has 0 fully saturated rings. The summed E-state index contributed by atoms with van der Waals surface area (Å²) in [6.07, 6.45) is 0. The van der Waals surface area contributed by atoms with Crippen molar-refractivity contribution in [1.82, 2.24) is 0 Å². The third kappa shape index (κ3) is 2.39. The number of benzene rings is 2. The number of hydrogen-bond donors (Lipinski definition) is 4. The number of carboxylic acids is 2. The van der Waals surface area contributed by atoms with E-state index >= 15 is 0 Å². The smallest absolute Gasteiger partial charge is 0.336 e. The van der Waals surface area contributed by atoms with Crippen LogP contribution in [0.3, 0.4) is 0 Å². The van der Waals surface area contributed by atoms with Crippen molar-refractivity contribution in [3.63, 3.8) is 0 Å². The molecule has 0 amide bonds. The number of phenolic OH excluding ortho intramolecular Hbond substituents is 2. The number of carboxylic acid groups (broad SMARTS) is 2. The number of aromatic hydroxyl groups is 2. The first-order chi connectivity index (χ1) is 9.40. The normalized spacial score (nSPS) is 10.2. The monoisotopic (exact) mass is 274 g/mol. The van der Waals surface area contributed by atoms with Gasteiger partial charge < -0.3 is 20.4 Å². The molecule has 0 spiro atoms. The summed E-state index contributed by atoms with van der Waals surface area (Å²) in [5.74, 6) is -3.05. The second-order valence-electron chi connectivity index (χ2n) is 4.07. The quantitative estimate of drug-likeness (QED) is 0.681. The average molecular weight is 274 g/mol. The molecule has 0 unspecified atom stereocenters. The zero-order chi connectivity index (χ0) is 14.9. The first kappa shape index (κ1) is 13.4. The van der Waals surface area contributed by atoms with Gasteiger partial charge in [0.2, 0.25) is 0 Å². The third-order valence-corrected chi connectivity index (χ3v) is 2.76. The maximum absolute atomic E-state index is 11.2. The van der Waals surface area contributed by atoms with Gasteiger partial charge in [-0.2, -0.15) is 0 Å². The molecule has 0 radical (unpaired) electrons. The van der Waals surface area contributed by atoms with Gasteiger partial charge in [-0.05, 0) is 47.5 Å². The molecule has 6 nitrogen and oxygen atoms in total. The predicted octanol–water partition coefficient (Wildman–Crippen LogP) is 2.16. The summed E-state index contributed by atoms with van der Waals surface area (Å²) < 4.78 is 0. The first-order valence-electron chi connectivity index (χ1n) is 5.53. The molecular formula is C14H10O6. The van der Waals surface area contributed by atoms with E-state index in [9.17, 15) is 19.8 Å². The zero-order valence-electron chi connectivity index (χ0n) is 10.1. The van der Waals surface area contributed by atoms with Gasteiger partial charge in [-0.15, -0.1) is 0 Å². The number of hydrogen-bond acceptors (Lipinski definition) is 4. The Morgan fingerprint density at radius 1 is 0.700 bits per heavy atom. The Hall–Kier alpha value is -3.02. The lowest BCUT2D eigenvalue weighted by molar-refractivity contribution is 0.0684. The summed E-state index contributed by atoms with van der Waals surface area (Å²) in [6.45, 7) is 0. The molecule has 0 aliphatic heterocycles. The summed E-state index contributed by atoms with van der Waals surface area (Å²) in [6, 6.07) is 7.24. The molecule has 0 aliphatic carbocycles. The Kier molecular flexibility index (Phi) is 3.30. The molecule has 4 N–H and O–H groups in total. The molecule has 2 aromatic rings. The Morgan fingerprint density at radius 2 is 1.05 bits per heavy atom. The molecule has 2 rings (SSSR count). The summed E-state index contributed by atoms with van der Waals surface area (Å²) in [7, 11) is 0. The highest BCUT2D eigenvalue weighted by Gasteiger charge is 2.18. The Bertz CT molecular complexity index is 643. The molecule has 0 heterocycles. The second kappa shape index (κ2) is 4.93. The van der Waals surface area contributed by atoms with Crippen molar-refractivity contribution in [2.45, 2.75) is 0 Å². The van der Waals surface area contributed by atoms with Crippen LogP contribution in [0.15, 0.2) is 36.4 Å². The molecule has 0 aliphatic rings. The van der Waals surface area contributed by atoms with Crippen molar-refractivity contribution in [1.29, 1.82) is 0 Å². The van der Waals surface area contributed by atoms with E-state index < -0.39 is 11.9 Å². The van der Waals surface area contributed by atoms with Crippen LogP contribution >= 0.6 is 0 Å². The SMILES string of the molecule is O=C(O)c1cc(O)ccc1-c1ccc(O)cc1C(=O)O. The Morgan fingerprint density at radius 3 is 1.35 bits per heavy atom. The molecule has 102 valence electrons. The van der Waals surface area contributed by atoms with Crippen LogP contribution in [0.1, 0.15) is 20.7 Å². The van der Waals surface area contributed by atoms with Gasteiger partial charge in [0.15, 0.2) is 0 Å². The van der Waals surface area contributed by atoms with Crippen LogP contribution in [0.4, 0.5) is 0 Å². The van der Waals surface area contributed by atoms with E-state index in [1.807, 2.05) is 0 Å². The van der Waals surface area contributed by atoms with E-state index in [2.05, 4.69) is 0 Å². The van der Waals surface area contributed by atoms with Gasteiger partial charge in [-0.25, -0.2) is 9.59 Å². The number of aromatic carboxylic acids is 2. The van der Waals surface area contributed by atoms with E-state index in [0.717, 1.165) is 12.1 Å². The van der Waals surface area contributed by atoms with Crippen LogP contribution in [0, 0.1) is 0 Å². The molecular weight excluding hydrogens is 264 g/mol. The fourth-order valence-electron chi connectivity index (χ4n) is 1.89. The highest BCUT2D eigenvalue weighted by molar-refractivity contribution is 6.02. The highest BCUT2D eigenvalue weighted by atomic mass is 16.4. The summed E-state index contributed by atoms with van der Waals surface area (Å²) in [5.41, 5.74) is -0.156. The van der Waals surface area contributed by atoms with Gasteiger partial charge in [0.1, 0.15) is 11.5 Å². The molecule has 2 aromatic carbocycles. The minimum atomic E-state index is -1.29. The van der Waals surface area contributed by atoms with Gasteiger partial charge in [0, 0.05) is 0 Å². The van der Waals surface area contributed by atoms with Crippen LogP contribution in [-0.2, 0) is 0 Å². The van der Waals surface area contributed by atoms with E-state index in [1.54, 1.807) is 0 Å². The van der Waals surface area contributed by atoms with Crippen LogP contribution in [0.5, 0.6) is 11.5 Å². The highest BCUT2D eigenvalue weighted by Crippen LogP contribution is 2.31. The molecule has 20 heavy (non-hydrogen) atoms. The number of rotatable bonds is 3. The topological polar surface area (TPSA) is 115 Å². The van der Waals surface area contributed by atoms with Crippen molar-refractivity contribution >= 4 is 11.9 Å². The standard InChI is InChI=1S/C14H10O6/c15-7-1-3-9(11(5-7)13(17)18)10-4-2-8(16)6-12(10)14(19)20/h1-6,15-16H,(H,17,18)(H,19,20). The van der Waals surface area contributed by atoms with Gasteiger partial charge in [0.05, 0.1) is 11.1 Å². The van der Waals surface area contributed by atoms with E-state index in [0.29, 0.717) is 0 Å². The molecule has 0 saturated heterocycles. The third-order valence-electron chi connectivity index (χ3n) is 2.76. The fourth-order valence-corrected chi connectivity index (χ4v) is 1.89. The van der Waals surface area contributed by atoms with E-state index in [1.165, 1.54) is 24.3 Å². The minimum Gasteiger partial charge on any atom is -0.508 e. The van der Waals surface area contributed by atoms with Crippen molar-refractivity contribution in [2.75, 3.05) is 0 Å². The van der Waals surface area contributed by atoms with Crippen LogP contribution in [0.25, 0.3) is 11.1 Å². The van der Waals surface area contributed by atoms with Crippen molar-refractivity contribution in [2.24, 2.45) is 0 Å². The summed E-state index contributed by atoms with van der Waals surface area (Å²) in [4.78, 5) is 22.4. The molecule has 0 aromatic heterocycles. The van der Waals surface area contributed by atoms with Gasteiger partial charge >= 0.3 is 11.9 Å². The Balaban J connectivity index is 2.75. The second-order valence-corrected chi connectivity index (χ2v) is 4.07. The van der Waals surface area contributed by atoms with Crippen molar-refractivity contribution < 1.29 is 30.0 Å². The minimum absolute atomic E-state index is 0.146. The first-order valence-corrected chi connectivity index (χ1v) is 5.53. The molecule has 0 saturated carbocycles. The summed E-state index contributed by atoms with van der Waals surface area (Å²) >= 11 is 0. The maximum atomic E-state index is 11.2. The Labute approximate surface area is 113 Å². The maximum Gasteiger partial charge on any atom is 0.336 e.